The predicted molar refractivity (Wildman–Crippen MR) is 126 cm³/mol. The molecule has 0 unspecified atom stereocenters. The number of thiazole rings is 1. The topological polar surface area (TPSA) is 109 Å². The number of aromatic nitrogens is 1. The first-order valence-electron chi connectivity index (χ1n) is 10.8. The van der Waals surface area contributed by atoms with Gasteiger partial charge >= 0.3 is 12.0 Å². The van der Waals surface area contributed by atoms with Gasteiger partial charge in [0.1, 0.15) is 0 Å². The first kappa shape index (κ1) is 25.1. The number of amides is 2. The number of nitrogens with zero attached hydrogens (tertiary/aromatic N) is 3. The molecule has 1 fully saturated rings. The Bertz CT molecular complexity index is 1080. The predicted octanol–water partition coefficient (Wildman–Crippen LogP) is 2.83. The van der Waals surface area contributed by atoms with Crippen molar-refractivity contribution in [2.45, 2.75) is 44.6 Å². The van der Waals surface area contributed by atoms with E-state index in [1.54, 1.807) is 23.2 Å². The molecule has 0 radical (unpaired) electrons. The smallest absolute Gasteiger partial charge is 0.338 e. The monoisotopic (exact) mass is 494 g/mol. The third-order valence-corrected chi connectivity index (χ3v) is 8.37. The molecule has 1 aliphatic rings. The summed E-state index contributed by atoms with van der Waals surface area (Å²) in [7, 11) is -3.72. The number of piperazine rings is 1. The zero-order valence-corrected chi connectivity index (χ0v) is 21.0. The summed E-state index contributed by atoms with van der Waals surface area (Å²) in [5.74, 6) is -0.492. The molecule has 3 rings (SSSR count). The maximum Gasteiger partial charge on any atom is 0.338 e. The summed E-state index contributed by atoms with van der Waals surface area (Å²) in [5, 5.41) is 5.82. The van der Waals surface area contributed by atoms with Crippen molar-refractivity contribution in [3.63, 3.8) is 0 Å². The van der Waals surface area contributed by atoms with Crippen LogP contribution in [0.25, 0.3) is 0 Å². The summed E-state index contributed by atoms with van der Waals surface area (Å²) in [4.78, 5) is 30.6. The lowest BCUT2D eigenvalue weighted by Gasteiger charge is -2.34. The Hall–Kier alpha value is -2.50. The van der Waals surface area contributed by atoms with Crippen LogP contribution in [0.15, 0.2) is 34.5 Å². The zero-order valence-electron chi connectivity index (χ0n) is 19.3. The lowest BCUT2D eigenvalue weighted by Crippen LogP contribution is -2.52. The second-order valence-corrected chi connectivity index (χ2v) is 11.5. The Morgan fingerprint density at radius 2 is 1.76 bits per heavy atom. The van der Waals surface area contributed by atoms with Crippen LogP contribution in [0.5, 0.6) is 0 Å². The van der Waals surface area contributed by atoms with Crippen LogP contribution in [0.2, 0.25) is 0 Å². The maximum atomic E-state index is 12.9. The highest BCUT2D eigenvalue weighted by atomic mass is 32.2. The second kappa shape index (κ2) is 10.2. The normalized spacial score (nSPS) is 15.3. The summed E-state index contributed by atoms with van der Waals surface area (Å²) in [6, 6.07) is 5.45. The SMILES string of the molecule is CCOC(=O)c1ccc(S(=O)(=O)N2CCN(C(=O)NCc3csc(C(C)(C)C)n3)CC2)cc1. The van der Waals surface area contributed by atoms with E-state index in [1.165, 1.54) is 28.6 Å². The van der Waals surface area contributed by atoms with Crippen LogP contribution in [-0.4, -0.2) is 67.4 Å². The van der Waals surface area contributed by atoms with Crippen molar-refractivity contribution >= 4 is 33.4 Å². The van der Waals surface area contributed by atoms with Gasteiger partial charge in [-0.15, -0.1) is 11.3 Å². The molecule has 2 amide bonds. The van der Waals surface area contributed by atoms with Gasteiger partial charge in [0, 0.05) is 37.0 Å². The molecule has 1 saturated heterocycles. The zero-order chi connectivity index (χ0) is 24.2. The van der Waals surface area contributed by atoms with Crippen molar-refractivity contribution < 1.29 is 22.7 Å². The van der Waals surface area contributed by atoms with Crippen molar-refractivity contribution in [1.29, 1.82) is 0 Å². The molecule has 33 heavy (non-hydrogen) atoms. The van der Waals surface area contributed by atoms with Crippen LogP contribution in [0.1, 0.15) is 48.8 Å². The summed E-state index contributed by atoms with van der Waals surface area (Å²) in [6.45, 7) is 9.53. The number of urea groups is 1. The third kappa shape index (κ3) is 6.10. The van der Waals surface area contributed by atoms with Crippen molar-refractivity contribution in [2.75, 3.05) is 32.8 Å². The van der Waals surface area contributed by atoms with E-state index < -0.39 is 16.0 Å². The highest BCUT2D eigenvalue weighted by molar-refractivity contribution is 7.89. The van der Waals surface area contributed by atoms with E-state index in [2.05, 4.69) is 31.1 Å². The Kier molecular flexibility index (Phi) is 7.76. The van der Waals surface area contributed by atoms with E-state index in [-0.39, 0.29) is 49.1 Å². The third-order valence-electron chi connectivity index (χ3n) is 5.14. The van der Waals surface area contributed by atoms with Crippen LogP contribution in [0.3, 0.4) is 0 Å². The highest BCUT2D eigenvalue weighted by Crippen LogP contribution is 2.25. The van der Waals surface area contributed by atoms with Crippen molar-refractivity contribution in [3.8, 4) is 0 Å². The Balaban J connectivity index is 1.53. The number of ether oxygens (including phenoxy) is 1. The van der Waals surface area contributed by atoms with Gasteiger partial charge in [0.25, 0.3) is 0 Å². The Morgan fingerprint density at radius 3 is 2.30 bits per heavy atom. The van der Waals surface area contributed by atoms with Crippen LogP contribution in [-0.2, 0) is 26.7 Å². The number of carbonyl (C=O) groups is 2. The van der Waals surface area contributed by atoms with E-state index in [4.69, 9.17) is 4.74 Å². The molecule has 0 atom stereocenters. The molecule has 1 aliphatic heterocycles. The maximum absolute atomic E-state index is 12.9. The van der Waals surface area contributed by atoms with Gasteiger partial charge in [-0.2, -0.15) is 4.31 Å². The van der Waals surface area contributed by atoms with E-state index in [1.807, 2.05) is 5.38 Å². The van der Waals surface area contributed by atoms with Crippen LogP contribution >= 0.6 is 11.3 Å². The minimum absolute atomic E-state index is 0.0338. The molecular weight excluding hydrogens is 464 g/mol. The van der Waals surface area contributed by atoms with Crippen LogP contribution < -0.4 is 5.32 Å². The Labute approximate surface area is 198 Å². The number of carbonyl (C=O) groups excluding carboxylic acids is 2. The van der Waals surface area contributed by atoms with Gasteiger partial charge in [-0.3, -0.25) is 0 Å². The van der Waals surface area contributed by atoms with E-state index >= 15 is 0 Å². The average molecular weight is 495 g/mol. The minimum Gasteiger partial charge on any atom is -0.462 e. The molecular formula is C22H30N4O5S2. The summed E-state index contributed by atoms with van der Waals surface area (Å²) >= 11 is 1.57. The molecule has 11 heteroatoms. The lowest BCUT2D eigenvalue weighted by atomic mass is 9.98. The summed E-state index contributed by atoms with van der Waals surface area (Å²) in [6.07, 6.45) is 0. The van der Waals surface area contributed by atoms with Gasteiger partial charge in [0.15, 0.2) is 0 Å². The molecule has 1 N–H and O–H groups in total. The van der Waals surface area contributed by atoms with Gasteiger partial charge in [-0.25, -0.2) is 23.0 Å². The van der Waals surface area contributed by atoms with Gasteiger partial charge in [-0.1, -0.05) is 20.8 Å². The van der Waals surface area contributed by atoms with E-state index in [0.717, 1.165) is 10.7 Å². The molecule has 0 aliphatic carbocycles. The number of rotatable bonds is 6. The van der Waals surface area contributed by atoms with E-state index in [0.29, 0.717) is 12.1 Å². The molecule has 0 spiro atoms. The van der Waals surface area contributed by atoms with Crippen LogP contribution in [0.4, 0.5) is 4.79 Å². The minimum atomic E-state index is -3.72. The number of sulfonamides is 1. The first-order valence-corrected chi connectivity index (χ1v) is 13.1. The van der Waals surface area contributed by atoms with Gasteiger partial charge in [0.2, 0.25) is 10.0 Å². The molecule has 2 aromatic rings. The summed E-state index contributed by atoms with van der Waals surface area (Å²) < 4.78 is 32.2. The molecule has 180 valence electrons. The highest BCUT2D eigenvalue weighted by Gasteiger charge is 2.30. The molecule has 0 saturated carbocycles. The summed E-state index contributed by atoms with van der Waals surface area (Å²) in [5.41, 5.74) is 1.08. The number of hydrogen-bond acceptors (Lipinski definition) is 7. The fraction of sp³-hybridized carbons (Fsp3) is 0.500. The van der Waals surface area contributed by atoms with Crippen molar-refractivity contribution in [3.05, 3.63) is 45.9 Å². The van der Waals surface area contributed by atoms with Gasteiger partial charge in [-0.05, 0) is 31.2 Å². The molecule has 9 nitrogen and oxygen atoms in total. The number of nitrogens with one attached hydrogen (secondary N) is 1. The fourth-order valence-corrected chi connectivity index (χ4v) is 5.60. The Morgan fingerprint density at radius 1 is 1.12 bits per heavy atom. The molecule has 0 bridgehead atoms. The molecule has 1 aromatic heterocycles. The number of hydrogen-bond donors (Lipinski definition) is 1. The largest absolute Gasteiger partial charge is 0.462 e. The second-order valence-electron chi connectivity index (χ2n) is 8.69. The van der Waals surface area contributed by atoms with Gasteiger partial charge < -0.3 is 15.0 Å². The lowest BCUT2D eigenvalue weighted by molar-refractivity contribution is 0.0526. The van der Waals surface area contributed by atoms with Crippen molar-refractivity contribution in [2.24, 2.45) is 0 Å². The first-order chi connectivity index (χ1) is 15.5. The molecule has 2 heterocycles. The molecule has 1 aromatic carbocycles. The van der Waals surface area contributed by atoms with Crippen LogP contribution in [0, 0.1) is 0 Å². The van der Waals surface area contributed by atoms with Crippen molar-refractivity contribution in [1.82, 2.24) is 19.5 Å². The van der Waals surface area contributed by atoms with Gasteiger partial charge in [0.05, 0.1) is 34.3 Å². The standard InChI is InChI=1S/C22H30N4O5S2/c1-5-31-19(27)16-6-8-18(9-7-16)33(29,30)26-12-10-25(11-13-26)21(28)23-14-17-15-32-20(24-17)22(2,3)4/h6-9,15H,5,10-14H2,1-4H3,(H,23,28). The number of esters is 1. The fourth-order valence-electron chi connectivity index (χ4n) is 3.27. The van der Waals surface area contributed by atoms with E-state index in [9.17, 15) is 18.0 Å². The number of benzene rings is 1. The quantitative estimate of drug-likeness (QED) is 0.619. The average Bonchev–Trinajstić information content (AvgIpc) is 3.27.